The van der Waals surface area contributed by atoms with Gasteiger partial charge in [0, 0.05) is 5.25 Å². The molecule has 0 saturated heterocycles. The lowest BCUT2D eigenvalue weighted by Gasteiger charge is -2.20. The predicted molar refractivity (Wildman–Crippen MR) is 61.7 cm³/mol. The van der Waals surface area contributed by atoms with Crippen molar-refractivity contribution in [1.29, 1.82) is 5.26 Å². The van der Waals surface area contributed by atoms with Gasteiger partial charge in [0.25, 0.3) is 0 Å². The fourth-order valence-electron chi connectivity index (χ4n) is 1.90. The van der Waals surface area contributed by atoms with E-state index in [1.165, 1.54) is 32.1 Å². The lowest BCUT2D eigenvalue weighted by atomic mass is 10.0. The van der Waals surface area contributed by atoms with Crippen LogP contribution in [0.5, 0.6) is 0 Å². The first-order valence-electron chi connectivity index (χ1n) is 5.42. The Balaban J connectivity index is 2.00. The van der Waals surface area contributed by atoms with E-state index in [4.69, 9.17) is 5.26 Å². The van der Waals surface area contributed by atoms with Gasteiger partial charge < -0.3 is 0 Å². The van der Waals surface area contributed by atoms with Gasteiger partial charge in [-0.1, -0.05) is 25.3 Å². The molecular formula is C12H14N2S. The van der Waals surface area contributed by atoms with Gasteiger partial charge in [-0.2, -0.15) is 5.26 Å². The van der Waals surface area contributed by atoms with Crippen molar-refractivity contribution in [2.75, 3.05) is 0 Å². The summed E-state index contributed by atoms with van der Waals surface area (Å²) < 4.78 is 0. The second-order valence-electron chi connectivity index (χ2n) is 3.85. The third-order valence-corrected chi connectivity index (χ3v) is 3.95. The Labute approximate surface area is 94.7 Å². The number of aromatic nitrogens is 1. The standard InChI is InChI=1S/C12H14N2S/c13-9-10-5-4-8-12(14-10)15-11-6-2-1-3-7-11/h4-5,8,11H,1-3,6-7H2. The Morgan fingerprint density at radius 2 is 2.07 bits per heavy atom. The van der Waals surface area contributed by atoms with Crippen LogP contribution in [0, 0.1) is 11.3 Å². The second kappa shape index (κ2) is 5.18. The minimum Gasteiger partial charge on any atom is -0.231 e. The smallest absolute Gasteiger partial charge is 0.141 e. The van der Waals surface area contributed by atoms with Crippen molar-refractivity contribution < 1.29 is 0 Å². The Kier molecular flexibility index (Phi) is 3.63. The molecule has 3 heteroatoms. The molecule has 0 aliphatic heterocycles. The summed E-state index contributed by atoms with van der Waals surface area (Å²) in [5.74, 6) is 0. The van der Waals surface area contributed by atoms with Crippen molar-refractivity contribution in [2.24, 2.45) is 0 Å². The summed E-state index contributed by atoms with van der Waals surface area (Å²) in [6.45, 7) is 0. The molecule has 0 amide bonds. The molecule has 0 spiro atoms. The van der Waals surface area contributed by atoms with Crippen LogP contribution in [-0.2, 0) is 0 Å². The van der Waals surface area contributed by atoms with Gasteiger partial charge in [-0.05, 0) is 25.0 Å². The predicted octanol–water partition coefficient (Wildman–Crippen LogP) is 3.38. The second-order valence-corrected chi connectivity index (χ2v) is 5.17. The summed E-state index contributed by atoms with van der Waals surface area (Å²) in [4.78, 5) is 4.29. The SMILES string of the molecule is N#Cc1cccc(SC2CCCCC2)n1. The van der Waals surface area contributed by atoms with Crippen molar-refractivity contribution >= 4 is 11.8 Å². The monoisotopic (exact) mass is 218 g/mol. The summed E-state index contributed by atoms with van der Waals surface area (Å²) in [6, 6.07) is 7.75. The highest BCUT2D eigenvalue weighted by Gasteiger charge is 2.15. The van der Waals surface area contributed by atoms with Gasteiger partial charge in [0.05, 0.1) is 5.03 Å². The van der Waals surface area contributed by atoms with Gasteiger partial charge in [-0.3, -0.25) is 0 Å². The number of pyridine rings is 1. The van der Waals surface area contributed by atoms with Gasteiger partial charge in [0.1, 0.15) is 11.8 Å². The van der Waals surface area contributed by atoms with Crippen molar-refractivity contribution in [3.63, 3.8) is 0 Å². The summed E-state index contributed by atoms with van der Waals surface area (Å²) in [5, 5.41) is 10.5. The van der Waals surface area contributed by atoms with E-state index in [-0.39, 0.29) is 0 Å². The molecule has 0 bridgehead atoms. The lowest BCUT2D eigenvalue weighted by molar-refractivity contribution is 0.515. The van der Waals surface area contributed by atoms with Gasteiger partial charge in [-0.15, -0.1) is 11.8 Å². The molecule has 1 aliphatic carbocycles. The normalized spacial score (nSPS) is 17.3. The maximum Gasteiger partial charge on any atom is 0.141 e. The third kappa shape index (κ3) is 2.97. The van der Waals surface area contributed by atoms with E-state index in [1.54, 1.807) is 6.07 Å². The zero-order chi connectivity index (χ0) is 10.5. The molecule has 2 nitrogen and oxygen atoms in total. The summed E-state index contributed by atoms with van der Waals surface area (Å²) >= 11 is 1.83. The molecule has 0 unspecified atom stereocenters. The van der Waals surface area contributed by atoms with E-state index in [2.05, 4.69) is 11.1 Å². The fraction of sp³-hybridized carbons (Fsp3) is 0.500. The average molecular weight is 218 g/mol. The minimum atomic E-state index is 0.524. The van der Waals surface area contributed by atoms with E-state index in [9.17, 15) is 0 Å². The molecule has 1 heterocycles. The first-order valence-corrected chi connectivity index (χ1v) is 6.30. The zero-order valence-corrected chi connectivity index (χ0v) is 9.46. The molecule has 2 rings (SSSR count). The summed E-state index contributed by atoms with van der Waals surface area (Å²) in [6.07, 6.45) is 6.65. The Bertz CT molecular complexity index is 364. The molecule has 0 aromatic carbocycles. The van der Waals surface area contributed by atoms with E-state index in [0.29, 0.717) is 10.9 Å². The molecule has 0 atom stereocenters. The molecular weight excluding hydrogens is 204 g/mol. The van der Waals surface area contributed by atoms with Crippen LogP contribution in [0.1, 0.15) is 37.8 Å². The molecule has 1 aliphatic rings. The Morgan fingerprint density at radius 1 is 1.27 bits per heavy atom. The molecule has 1 fully saturated rings. The number of thioether (sulfide) groups is 1. The highest BCUT2D eigenvalue weighted by atomic mass is 32.2. The van der Waals surface area contributed by atoms with Crippen LogP contribution in [0.25, 0.3) is 0 Å². The van der Waals surface area contributed by atoms with E-state index < -0.39 is 0 Å². The number of rotatable bonds is 2. The molecule has 0 radical (unpaired) electrons. The van der Waals surface area contributed by atoms with Crippen LogP contribution < -0.4 is 0 Å². The molecule has 78 valence electrons. The van der Waals surface area contributed by atoms with Crippen LogP contribution in [0.4, 0.5) is 0 Å². The summed E-state index contributed by atoms with van der Waals surface area (Å²) in [5.41, 5.74) is 0.524. The number of hydrogen-bond acceptors (Lipinski definition) is 3. The van der Waals surface area contributed by atoms with Crippen molar-refractivity contribution in [3.05, 3.63) is 23.9 Å². The quantitative estimate of drug-likeness (QED) is 0.763. The van der Waals surface area contributed by atoms with Gasteiger partial charge in [0.2, 0.25) is 0 Å². The Hall–Kier alpha value is -1.01. The van der Waals surface area contributed by atoms with Crippen molar-refractivity contribution in [3.8, 4) is 6.07 Å². The maximum atomic E-state index is 8.75. The molecule has 1 saturated carbocycles. The van der Waals surface area contributed by atoms with E-state index in [1.807, 2.05) is 23.9 Å². The highest BCUT2D eigenvalue weighted by Crippen LogP contribution is 2.32. The topological polar surface area (TPSA) is 36.7 Å². The molecule has 1 aromatic heterocycles. The number of nitrogens with zero attached hydrogens (tertiary/aromatic N) is 2. The zero-order valence-electron chi connectivity index (χ0n) is 8.65. The third-order valence-electron chi connectivity index (χ3n) is 2.68. The molecule has 15 heavy (non-hydrogen) atoms. The van der Waals surface area contributed by atoms with Crippen LogP contribution in [0.2, 0.25) is 0 Å². The first-order chi connectivity index (χ1) is 7.38. The number of nitriles is 1. The number of hydrogen-bond donors (Lipinski definition) is 0. The molecule has 0 N–H and O–H groups in total. The largest absolute Gasteiger partial charge is 0.231 e. The molecule has 1 aromatic rings. The van der Waals surface area contributed by atoms with E-state index in [0.717, 1.165) is 5.03 Å². The summed E-state index contributed by atoms with van der Waals surface area (Å²) in [7, 11) is 0. The maximum absolute atomic E-state index is 8.75. The van der Waals surface area contributed by atoms with E-state index >= 15 is 0 Å². The highest BCUT2D eigenvalue weighted by molar-refractivity contribution is 7.99. The van der Waals surface area contributed by atoms with Crippen LogP contribution in [0.3, 0.4) is 0 Å². The minimum absolute atomic E-state index is 0.524. The van der Waals surface area contributed by atoms with Gasteiger partial charge in [-0.25, -0.2) is 4.98 Å². The first kappa shape index (κ1) is 10.5. The van der Waals surface area contributed by atoms with Crippen molar-refractivity contribution in [1.82, 2.24) is 4.98 Å². The fourth-order valence-corrected chi connectivity index (χ4v) is 3.12. The van der Waals surface area contributed by atoms with Crippen LogP contribution in [-0.4, -0.2) is 10.2 Å². The Morgan fingerprint density at radius 3 is 2.80 bits per heavy atom. The average Bonchev–Trinajstić information content (AvgIpc) is 2.31. The van der Waals surface area contributed by atoms with Gasteiger partial charge >= 0.3 is 0 Å². The van der Waals surface area contributed by atoms with Crippen molar-refractivity contribution in [2.45, 2.75) is 42.4 Å². The van der Waals surface area contributed by atoms with Crippen LogP contribution >= 0.6 is 11.8 Å². The van der Waals surface area contributed by atoms with Gasteiger partial charge in [0.15, 0.2) is 0 Å². The van der Waals surface area contributed by atoms with Crippen LogP contribution in [0.15, 0.2) is 23.2 Å². The lowest BCUT2D eigenvalue weighted by Crippen LogP contribution is -2.08.